The molecule has 2 aliphatic carbocycles. The highest BCUT2D eigenvalue weighted by molar-refractivity contribution is 5.92. The molecular formula is C20H30O3. The van der Waals surface area contributed by atoms with Gasteiger partial charge in [-0.05, 0) is 81.9 Å². The van der Waals surface area contributed by atoms with Gasteiger partial charge in [-0.2, -0.15) is 0 Å². The lowest BCUT2D eigenvalue weighted by atomic mass is 9.82. The second-order valence-electron chi connectivity index (χ2n) is 6.69. The molecule has 0 unspecified atom stereocenters. The Bertz CT molecular complexity index is 481. The van der Waals surface area contributed by atoms with Crippen molar-refractivity contribution in [1.82, 2.24) is 0 Å². The largest absolute Gasteiger partial charge is 0.460 e. The molecular weight excluding hydrogens is 288 g/mol. The molecule has 0 N–H and O–H groups in total. The van der Waals surface area contributed by atoms with Gasteiger partial charge in [0.2, 0.25) is 0 Å². The molecule has 3 heteroatoms. The van der Waals surface area contributed by atoms with E-state index in [-0.39, 0.29) is 12.1 Å². The first-order valence-electron chi connectivity index (χ1n) is 8.95. The maximum Gasteiger partial charge on any atom is 0.337 e. The summed E-state index contributed by atoms with van der Waals surface area (Å²) in [6.45, 7) is 4.10. The molecule has 0 amide bonds. The smallest absolute Gasteiger partial charge is 0.337 e. The van der Waals surface area contributed by atoms with Crippen molar-refractivity contribution in [2.45, 2.75) is 71.3 Å². The van der Waals surface area contributed by atoms with Crippen molar-refractivity contribution in [1.29, 1.82) is 0 Å². The summed E-state index contributed by atoms with van der Waals surface area (Å²) in [5.41, 5.74) is 4.45. The number of carbonyl (C=O) groups excluding carboxylic acids is 1. The van der Waals surface area contributed by atoms with Crippen LogP contribution in [0.25, 0.3) is 0 Å². The second kappa shape index (κ2) is 9.07. The van der Waals surface area contributed by atoms with Crippen molar-refractivity contribution < 1.29 is 14.3 Å². The number of methoxy groups -OCH3 is 1. The van der Waals surface area contributed by atoms with Crippen LogP contribution in [0.15, 0.2) is 34.4 Å². The topological polar surface area (TPSA) is 35.5 Å². The monoisotopic (exact) mass is 318 g/mol. The minimum atomic E-state index is -0.227. The van der Waals surface area contributed by atoms with Crippen molar-refractivity contribution in [3.63, 3.8) is 0 Å². The van der Waals surface area contributed by atoms with Crippen LogP contribution in [0.5, 0.6) is 0 Å². The SMILES string of the molecule is COCC(C(=O)OC(C)C)=C(C1=CCCCC1)C1=CCCCC1. The summed E-state index contributed by atoms with van der Waals surface area (Å²) in [5.74, 6) is -0.227. The van der Waals surface area contributed by atoms with Gasteiger partial charge in [-0.15, -0.1) is 0 Å². The summed E-state index contributed by atoms with van der Waals surface area (Å²) in [7, 11) is 1.64. The quantitative estimate of drug-likeness (QED) is 0.517. The van der Waals surface area contributed by atoms with Gasteiger partial charge in [-0.1, -0.05) is 12.2 Å². The third-order valence-electron chi connectivity index (χ3n) is 4.40. The summed E-state index contributed by atoms with van der Waals surface area (Å²) in [4.78, 5) is 12.7. The molecule has 0 aromatic heterocycles. The molecule has 0 spiro atoms. The molecule has 0 bridgehead atoms. The Balaban J connectivity index is 2.46. The van der Waals surface area contributed by atoms with Crippen LogP contribution in [-0.4, -0.2) is 25.8 Å². The van der Waals surface area contributed by atoms with Crippen LogP contribution in [0, 0.1) is 0 Å². The van der Waals surface area contributed by atoms with Crippen LogP contribution >= 0.6 is 0 Å². The average molecular weight is 318 g/mol. The summed E-state index contributed by atoms with van der Waals surface area (Å²) in [6.07, 6.45) is 13.7. The normalized spacial score (nSPS) is 18.3. The van der Waals surface area contributed by atoms with E-state index in [1.54, 1.807) is 7.11 Å². The van der Waals surface area contributed by atoms with Gasteiger partial charge >= 0.3 is 5.97 Å². The van der Waals surface area contributed by atoms with E-state index in [0.29, 0.717) is 12.2 Å². The molecule has 128 valence electrons. The van der Waals surface area contributed by atoms with Gasteiger partial charge in [-0.25, -0.2) is 4.79 Å². The predicted octanol–water partition coefficient (Wildman–Crippen LogP) is 4.88. The lowest BCUT2D eigenvalue weighted by Crippen LogP contribution is -2.20. The zero-order valence-electron chi connectivity index (χ0n) is 14.8. The Hall–Kier alpha value is -1.35. The van der Waals surface area contributed by atoms with Crippen LogP contribution in [0.2, 0.25) is 0 Å². The highest BCUT2D eigenvalue weighted by Gasteiger charge is 2.24. The molecule has 0 heterocycles. The first kappa shape index (κ1) is 18.0. The Morgan fingerprint density at radius 1 is 1.04 bits per heavy atom. The van der Waals surface area contributed by atoms with E-state index in [4.69, 9.17) is 9.47 Å². The Kier molecular flexibility index (Phi) is 7.10. The van der Waals surface area contributed by atoms with Gasteiger partial charge in [0, 0.05) is 7.11 Å². The molecule has 23 heavy (non-hydrogen) atoms. The number of rotatable bonds is 6. The summed E-state index contributed by atoms with van der Waals surface area (Å²) in [5, 5.41) is 0. The molecule has 0 saturated carbocycles. The lowest BCUT2D eigenvalue weighted by molar-refractivity contribution is -0.143. The van der Waals surface area contributed by atoms with Crippen molar-refractivity contribution in [3.05, 3.63) is 34.4 Å². The summed E-state index contributed by atoms with van der Waals surface area (Å²) < 4.78 is 10.9. The number of ether oxygens (including phenoxy) is 2. The van der Waals surface area contributed by atoms with Crippen molar-refractivity contribution >= 4 is 5.97 Å². The number of hydrogen-bond donors (Lipinski definition) is 0. The van der Waals surface area contributed by atoms with Crippen LogP contribution in [0.3, 0.4) is 0 Å². The van der Waals surface area contributed by atoms with Gasteiger partial charge in [0.25, 0.3) is 0 Å². The first-order valence-corrected chi connectivity index (χ1v) is 8.95. The van der Waals surface area contributed by atoms with Gasteiger partial charge in [-0.3, -0.25) is 0 Å². The van der Waals surface area contributed by atoms with Crippen LogP contribution in [0.1, 0.15) is 65.2 Å². The predicted molar refractivity (Wildman–Crippen MR) is 93.2 cm³/mol. The first-order chi connectivity index (χ1) is 11.1. The van der Waals surface area contributed by atoms with Gasteiger partial charge in [0.05, 0.1) is 18.3 Å². The van der Waals surface area contributed by atoms with Crippen LogP contribution in [0.4, 0.5) is 0 Å². The van der Waals surface area contributed by atoms with E-state index in [1.165, 1.54) is 36.8 Å². The fourth-order valence-electron chi connectivity index (χ4n) is 3.39. The van der Waals surface area contributed by atoms with Crippen molar-refractivity contribution in [2.75, 3.05) is 13.7 Å². The lowest BCUT2D eigenvalue weighted by Gasteiger charge is -2.24. The molecule has 2 rings (SSSR count). The zero-order chi connectivity index (χ0) is 16.7. The van der Waals surface area contributed by atoms with E-state index < -0.39 is 0 Å². The Morgan fingerprint density at radius 3 is 2.00 bits per heavy atom. The molecule has 0 fully saturated rings. The Morgan fingerprint density at radius 2 is 1.61 bits per heavy atom. The maximum atomic E-state index is 12.7. The van der Waals surface area contributed by atoms with E-state index >= 15 is 0 Å². The third kappa shape index (κ3) is 5.07. The number of allylic oxidation sites excluding steroid dienone is 5. The molecule has 0 aromatic carbocycles. The number of esters is 1. The van der Waals surface area contributed by atoms with Crippen molar-refractivity contribution in [2.24, 2.45) is 0 Å². The minimum absolute atomic E-state index is 0.115. The van der Waals surface area contributed by atoms with Crippen LogP contribution in [-0.2, 0) is 14.3 Å². The molecule has 2 aliphatic rings. The highest BCUT2D eigenvalue weighted by Crippen LogP contribution is 2.36. The third-order valence-corrected chi connectivity index (χ3v) is 4.40. The summed E-state index contributed by atoms with van der Waals surface area (Å²) in [6, 6.07) is 0. The summed E-state index contributed by atoms with van der Waals surface area (Å²) >= 11 is 0. The van der Waals surface area contributed by atoms with E-state index in [2.05, 4.69) is 12.2 Å². The molecule has 0 aromatic rings. The van der Waals surface area contributed by atoms with E-state index in [1.807, 2.05) is 13.8 Å². The van der Waals surface area contributed by atoms with Gasteiger partial charge in [0.15, 0.2) is 0 Å². The van der Waals surface area contributed by atoms with Crippen molar-refractivity contribution in [3.8, 4) is 0 Å². The molecule has 0 aliphatic heterocycles. The number of hydrogen-bond acceptors (Lipinski definition) is 3. The van der Waals surface area contributed by atoms with E-state index in [0.717, 1.165) is 31.3 Å². The number of carbonyl (C=O) groups is 1. The zero-order valence-corrected chi connectivity index (χ0v) is 14.8. The fourth-order valence-corrected chi connectivity index (χ4v) is 3.39. The standard InChI is InChI=1S/C20H30O3/c1-15(2)23-20(21)18(14-22-3)19(16-10-6-4-7-11-16)17-12-8-5-9-13-17/h10,12,15H,4-9,11,13-14H2,1-3H3. The van der Waals surface area contributed by atoms with Gasteiger partial charge in [0.1, 0.15) is 0 Å². The van der Waals surface area contributed by atoms with Gasteiger partial charge < -0.3 is 9.47 Å². The van der Waals surface area contributed by atoms with Crippen LogP contribution < -0.4 is 0 Å². The molecule has 0 saturated heterocycles. The maximum absolute atomic E-state index is 12.7. The molecule has 0 atom stereocenters. The average Bonchev–Trinajstić information content (AvgIpc) is 2.56. The molecule has 3 nitrogen and oxygen atoms in total. The highest BCUT2D eigenvalue weighted by atomic mass is 16.5. The van der Waals surface area contributed by atoms with E-state index in [9.17, 15) is 4.79 Å². The second-order valence-corrected chi connectivity index (χ2v) is 6.69. The fraction of sp³-hybridized carbons (Fsp3) is 0.650. The Labute approximate surface area is 140 Å². The molecule has 0 radical (unpaired) electrons. The minimum Gasteiger partial charge on any atom is -0.460 e.